The number of carbonyl (C=O) groups excluding carboxylic acids is 2. The number of carbonyl (C=O) groups is 2. The summed E-state index contributed by atoms with van der Waals surface area (Å²) >= 11 is 0. The molecule has 2 heterocycles. The molecule has 1 amide bonds. The lowest BCUT2D eigenvalue weighted by atomic mass is 10.2. The van der Waals surface area contributed by atoms with Crippen LogP contribution in [0.3, 0.4) is 0 Å². The standard InChI is InChI=1S/C17H17N3O6/c1-11(21)18-13-7-8-20(17(23)19-13)14-9-24-15(26-14)10-25-16(22)12-5-3-2-4-6-12/h2-8,14-15H,9-10H2,1H3,(H,18,19,21,23)/t14-,15-/m0/s1. The van der Waals surface area contributed by atoms with Gasteiger partial charge in [-0.2, -0.15) is 4.98 Å². The number of rotatable bonds is 5. The highest BCUT2D eigenvalue weighted by atomic mass is 16.7. The lowest BCUT2D eigenvalue weighted by Gasteiger charge is -2.14. The molecule has 9 nitrogen and oxygen atoms in total. The third kappa shape index (κ3) is 4.32. The van der Waals surface area contributed by atoms with Crippen LogP contribution in [0.15, 0.2) is 47.4 Å². The molecule has 2 atom stereocenters. The van der Waals surface area contributed by atoms with E-state index >= 15 is 0 Å². The smallest absolute Gasteiger partial charge is 0.351 e. The summed E-state index contributed by atoms with van der Waals surface area (Å²) in [6.07, 6.45) is -0.0242. The fourth-order valence-electron chi connectivity index (χ4n) is 2.36. The zero-order valence-electron chi connectivity index (χ0n) is 14.0. The molecule has 136 valence electrons. The number of amides is 1. The van der Waals surface area contributed by atoms with Crippen molar-refractivity contribution in [3.8, 4) is 0 Å². The third-order valence-electron chi connectivity index (χ3n) is 3.54. The molecule has 1 fully saturated rings. The van der Waals surface area contributed by atoms with Gasteiger partial charge in [0.2, 0.25) is 5.91 Å². The molecule has 0 unspecified atom stereocenters. The van der Waals surface area contributed by atoms with Gasteiger partial charge >= 0.3 is 11.7 Å². The summed E-state index contributed by atoms with van der Waals surface area (Å²) in [6, 6.07) is 10.0. The Balaban J connectivity index is 1.56. The van der Waals surface area contributed by atoms with Crippen molar-refractivity contribution >= 4 is 17.7 Å². The van der Waals surface area contributed by atoms with E-state index in [1.807, 2.05) is 0 Å². The fraction of sp³-hybridized carbons (Fsp3) is 0.294. The van der Waals surface area contributed by atoms with Crippen molar-refractivity contribution in [3.05, 3.63) is 58.6 Å². The molecule has 0 radical (unpaired) electrons. The van der Waals surface area contributed by atoms with Crippen molar-refractivity contribution < 1.29 is 23.8 Å². The SMILES string of the molecule is CC(=O)Nc1ccn([C@@H]2CO[C@H](COC(=O)c3ccccc3)O2)c(=O)n1. The Morgan fingerprint density at radius 1 is 1.31 bits per heavy atom. The topological polar surface area (TPSA) is 109 Å². The van der Waals surface area contributed by atoms with Crippen LogP contribution in [0, 0.1) is 0 Å². The Kier molecular flexibility index (Phi) is 5.40. The van der Waals surface area contributed by atoms with Gasteiger partial charge in [-0.05, 0) is 18.2 Å². The first-order valence-corrected chi connectivity index (χ1v) is 7.89. The summed E-state index contributed by atoms with van der Waals surface area (Å²) in [7, 11) is 0. The monoisotopic (exact) mass is 359 g/mol. The second kappa shape index (κ2) is 7.89. The van der Waals surface area contributed by atoms with E-state index in [4.69, 9.17) is 14.2 Å². The molecule has 2 aromatic rings. The number of ether oxygens (including phenoxy) is 3. The maximum Gasteiger partial charge on any atom is 0.351 e. The van der Waals surface area contributed by atoms with E-state index in [2.05, 4.69) is 10.3 Å². The van der Waals surface area contributed by atoms with Crippen molar-refractivity contribution in [2.24, 2.45) is 0 Å². The average molecular weight is 359 g/mol. The van der Waals surface area contributed by atoms with Gasteiger partial charge in [0.1, 0.15) is 12.4 Å². The van der Waals surface area contributed by atoms with E-state index in [9.17, 15) is 14.4 Å². The first-order valence-electron chi connectivity index (χ1n) is 7.89. The van der Waals surface area contributed by atoms with Crippen LogP contribution < -0.4 is 11.0 Å². The number of nitrogens with zero attached hydrogens (tertiary/aromatic N) is 2. The Hall–Kier alpha value is -3.04. The molecule has 1 N–H and O–H groups in total. The summed E-state index contributed by atoms with van der Waals surface area (Å²) in [5.74, 6) is -0.652. The lowest BCUT2D eigenvalue weighted by Crippen LogP contribution is -2.29. The number of esters is 1. The number of hydrogen-bond donors (Lipinski definition) is 1. The van der Waals surface area contributed by atoms with Crippen LogP contribution in [0.25, 0.3) is 0 Å². The average Bonchev–Trinajstić information content (AvgIpc) is 3.08. The molecule has 1 aromatic carbocycles. The van der Waals surface area contributed by atoms with Gasteiger partial charge in [0, 0.05) is 13.1 Å². The van der Waals surface area contributed by atoms with Gasteiger partial charge in [-0.3, -0.25) is 9.36 Å². The van der Waals surface area contributed by atoms with Gasteiger partial charge in [-0.1, -0.05) is 18.2 Å². The van der Waals surface area contributed by atoms with Crippen LogP contribution in [0.4, 0.5) is 5.82 Å². The van der Waals surface area contributed by atoms with Gasteiger partial charge in [-0.15, -0.1) is 0 Å². The van der Waals surface area contributed by atoms with E-state index in [1.54, 1.807) is 30.3 Å². The normalized spacial score (nSPS) is 19.1. The van der Waals surface area contributed by atoms with Crippen LogP contribution in [0.2, 0.25) is 0 Å². The van der Waals surface area contributed by atoms with Crippen molar-refractivity contribution in [1.29, 1.82) is 0 Å². The van der Waals surface area contributed by atoms with Crippen molar-refractivity contribution in [3.63, 3.8) is 0 Å². The molecule has 0 bridgehead atoms. The Bertz CT molecular complexity index is 851. The summed E-state index contributed by atoms with van der Waals surface area (Å²) < 4.78 is 17.4. The highest BCUT2D eigenvalue weighted by molar-refractivity contribution is 5.89. The van der Waals surface area contributed by atoms with Gasteiger partial charge in [0.25, 0.3) is 0 Å². The van der Waals surface area contributed by atoms with Crippen LogP contribution >= 0.6 is 0 Å². The van der Waals surface area contributed by atoms with Crippen molar-refractivity contribution in [2.75, 3.05) is 18.5 Å². The molecule has 3 rings (SSSR count). The van der Waals surface area contributed by atoms with Crippen LogP contribution in [-0.4, -0.2) is 40.9 Å². The predicted octanol–water partition coefficient (Wildman–Crippen LogP) is 0.930. The quantitative estimate of drug-likeness (QED) is 0.791. The van der Waals surface area contributed by atoms with Crippen molar-refractivity contribution in [2.45, 2.75) is 19.4 Å². The summed E-state index contributed by atoms with van der Waals surface area (Å²) in [5.41, 5.74) is -0.164. The molecule has 0 spiro atoms. The van der Waals surface area contributed by atoms with Gasteiger partial charge in [-0.25, -0.2) is 9.59 Å². The van der Waals surface area contributed by atoms with E-state index in [1.165, 1.54) is 23.8 Å². The Morgan fingerprint density at radius 3 is 2.77 bits per heavy atom. The van der Waals surface area contributed by atoms with Gasteiger partial charge in [0.15, 0.2) is 12.5 Å². The Labute approximate surface area is 148 Å². The van der Waals surface area contributed by atoms with Gasteiger partial charge in [0.05, 0.1) is 12.2 Å². The van der Waals surface area contributed by atoms with Crippen molar-refractivity contribution in [1.82, 2.24) is 9.55 Å². The molecule has 1 saturated heterocycles. The fourth-order valence-corrected chi connectivity index (χ4v) is 2.36. The Morgan fingerprint density at radius 2 is 2.08 bits per heavy atom. The first kappa shape index (κ1) is 17.8. The largest absolute Gasteiger partial charge is 0.457 e. The molecular weight excluding hydrogens is 342 g/mol. The van der Waals surface area contributed by atoms with Crippen LogP contribution in [-0.2, 0) is 19.0 Å². The molecular formula is C17H17N3O6. The molecule has 9 heteroatoms. The second-order valence-electron chi connectivity index (χ2n) is 5.50. The number of aromatic nitrogens is 2. The summed E-state index contributed by atoms with van der Waals surface area (Å²) in [5, 5.41) is 2.43. The highest BCUT2D eigenvalue weighted by Crippen LogP contribution is 2.20. The van der Waals surface area contributed by atoms with E-state index in [0.29, 0.717) is 5.56 Å². The van der Waals surface area contributed by atoms with E-state index in [0.717, 1.165) is 0 Å². The predicted molar refractivity (Wildman–Crippen MR) is 89.4 cm³/mol. The van der Waals surface area contributed by atoms with Crippen LogP contribution in [0.1, 0.15) is 23.5 Å². The molecule has 1 aliphatic heterocycles. The first-order chi connectivity index (χ1) is 12.5. The highest BCUT2D eigenvalue weighted by Gasteiger charge is 2.29. The maximum atomic E-state index is 12.0. The molecule has 0 saturated carbocycles. The van der Waals surface area contributed by atoms with E-state index in [-0.39, 0.29) is 24.9 Å². The minimum absolute atomic E-state index is 0.101. The number of benzene rings is 1. The zero-order valence-corrected chi connectivity index (χ0v) is 14.0. The summed E-state index contributed by atoms with van der Waals surface area (Å²) in [6.45, 7) is 1.33. The maximum absolute atomic E-state index is 12.0. The zero-order chi connectivity index (χ0) is 18.5. The number of hydrogen-bond acceptors (Lipinski definition) is 7. The molecule has 1 aliphatic rings. The summed E-state index contributed by atoms with van der Waals surface area (Å²) in [4.78, 5) is 38.7. The minimum atomic E-state index is -0.783. The second-order valence-corrected chi connectivity index (χ2v) is 5.50. The lowest BCUT2D eigenvalue weighted by molar-refractivity contribution is -0.114. The molecule has 0 aliphatic carbocycles. The number of nitrogens with one attached hydrogen (secondary N) is 1. The minimum Gasteiger partial charge on any atom is -0.457 e. The number of anilines is 1. The van der Waals surface area contributed by atoms with E-state index < -0.39 is 24.2 Å². The third-order valence-corrected chi connectivity index (χ3v) is 3.54. The van der Waals surface area contributed by atoms with Gasteiger partial charge < -0.3 is 19.5 Å². The van der Waals surface area contributed by atoms with Crippen LogP contribution in [0.5, 0.6) is 0 Å². The molecule has 26 heavy (non-hydrogen) atoms. The molecule has 1 aromatic heterocycles.